The van der Waals surface area contributed by atoms with Crippen LogP contribution in [0.5, 0.6) is 0 Å². The van der Waals surface area contributed by atoms with Gasteiger partial charge in [0, 0.05) is 11.7 Å². The maximum Gasteiger partial charge on any atom is 0.305 e. The molecule has 1 rings (SSSR count). The molecule has 0 aliphatic heterocycles. The molecule has 0 saturated heterocycles. The Hall–Kier alpha value is -1.29. The standard InChI is InChI=1S/C10H11ClFNO2/c1-6(4-10(14)15)13-7-2-3-8(11)9(12)5-7/h2-3,5-6,13H,4H2,1H3,(H,14,15). The van der Waals surface area contributed by atoms with Crippen LogP contribution >= 0.6 is 11.6 Å². The van der Waals surface area contributed by atoms with Crippen LogP contribution < -0.4 is 5.32 Å². The number of carboxylic acids is 1. The summed E-state index contributed by atoms with van der Waals surface area (Å²) in [5.41, 5.74) is 0.519. The summed E-state index contributed by atoms with van der Waals surface area (Å²) in [6, 6.07) is 4.00. The van der Waals surface area contributed by atoms with Crippen LogP contribution in [0.2, 0.25) is 5.02 Å². The molecule has 1 unspecified atom stereocenters. The maximum atomic E-state index is 13.0. The summed E-state index contributed by atoms with van der Waals surface area (Å²) in [7, 11) is 0. The van der Waals surface area contributed by atoms with Gasteiger partial charge in [-0.2, -0.15) is 0 Å². The first-order chi connectivity index (χ1) is 6.99. The molecular weight excluding hydrogens is 221 g/mol. The number of carboxylic acid groups (broad SMARTS) is 1. The molecule has 0 radical (unpaired) electrons. The number of halogens is 2. The number of aliphatic carboxylic acids is 1. The maximum absolute atomic E-state index is 13.0. The molecule has 15 heavy (non-hydrogen) atoms. The number of nitrogens with one attached hydrogen (secondary N) is 1. The van der Waals surface area contributed by atoms with Crippen molar-refractivity contribution in [2.24, 2.45) is 0 Å². The molecule has 0 bridgehead atoms. The van der Waals surface area contributed by atoms with Gasteiger partial charge in [0.05, 0.1) is 11.4 Å². The SMILES string of the molecule is CC(CC(=O)O)Nc1ccc(Cl)c(F)c1. The highest BCUT2D eigenvalue weighted by molar-refractivity contribution is 6.30. The van der Waals surface area contributed by atoms with Crippen LogP contribution in [-0.2, 0) is 4.79 Å². The lowest BCUT2D eigenvalue weighted by Crippen LogP contribution is -2.19. The zero-order valence-corrected chi connectivity index (χ0v) is 8.88. The lowest BCUT2D eigenvalue weighted by Gasteiger charge is -2.13. The first kappa shape index (κ1) is 11.8. The first-order valence-electron chi connectivity index (χ1n) is 4.42. The molecule has 1 aromatic carbocycles. The molecule has 1 aromatic rings. The quantitative estimate of drug-likeness (QED) is 0.838. The van der Waals surface area contributed by atoms with Crippen LogP contribution in [0.25, 0.3) is 0 Å². The Bertz CT molecular complexity index is 370. The fourth-order valence-electron chi connectivity index (χ4n) is 1.18. The van der Waals surface area contributed by atoms with E-state index in [2.05, 4.69) is 5.32 Å². The van der Waals surface area contributed by atoms with Crippen molar-refractivity contribution < 1.29 is 14.3 Å². The van der Waals surface area contributed by atoms with Gasteiger partial charge >= 0.3 is 5.97 Å². The van der Waals surface area contributed by atoms with Crippen LogP contribution in [0.1, 0.15) is 13.3 Å². The molecule has 0 aromatic heterocycles. The van der Waals surface area contributed by atoms with E-state index in [1.165, 1.54) is 12.1 Å². The number of hydrogen-bond acceptors (Lipinski definition) is 2. The van der Waals surface area contributed by atoms with Crippen molar-refractivity contribution in [2.45, 2.75) is 19.4 Å². The van der Waals surface area contributed by atoms with E-state index in [-0.39, 0.29) is 17.5 Å². The molecule has 0 aliphatic rings. The Morgan fingerprint density at radius 2 is 2.33 bits per heavy atom. The molecule has 3 nitrogen and oxygen atoms in total. The van der Waals surface area contributed by atoms with E-state index in [1.54, 1.807) is 13.0 Å². The summed E-state index contributed by atoms with van der Waals surface area (Å²) >= 11 is 5.50. The van der Waals surface area contributed by atoms with Crippen LogP contribution in [0.4, 0.5) is 10.1 Å². The van der Waals surface area contributed by atoms with E-state index in [1.807, 2.05) is 0 Å². The molecular formula is C10H11ClFNO2. The Morgan fingerprint density at radius 1 is 1.67 bits per heavy atom. The van der Waals surface area contributed by atoms with Gasteiger partial charge in [0.15, 0.2) is 0 Å². The van der Waals surface area contributed by atoms with E-state index in [0.29, 0.717) is 5.69 Å². The molecule has 0 heterocycles. The molecule has 0 spiro atoms. The Balaban J connectivity index is 2.64. The molecule has 0 fully saturated rings. The zero-order chi connectivity index (χ0) is 11.4. The van der Waals surface area contributed by atoms with Gasteiger partial charge < -0.3 is 10.4 Å². The predicted octanol–water partition coefficient (Wildman–Crippen LogP) is 2.75. The average molecular weight is 232 g/mol. The third kappa shape index (κ3) is 3.75. The highest BCUT2D eigenvalue weighted by Crippen LogP contribution is 2.19. The van der Waals surface area contributed by atoms with Crippen molar-refractivity contribution in [2.75, 3.05) is 5.32 Å². The summed E-state index contributed by atoms with van der Waals surface area (Å²) in [6.07, 6.45) is -0.0236. The van der Waals surface area contributed by atoms with Gasteiger partial charge in [0.1, 0.15) is 5.82 Å². The second-order valence-electron chi connectivity index (χ2n) is 3.27. The van der Waals surface area contributed by atoms with Crippen molar-refractivity contribution >= 4 is 23.3 Å². The van der Waals surface area contributed by atoms with E-state index >= 15 is 0 Å². The zero-order valence-electron chi connectivity index (χ0n) is 8.13. The van der Waals surface area contributed by atoms with Crippen molar-refractivity contribution in [3.63, 3.8) is 0 Å². The van der Waals surface area contributed by atoms with Crippen LogP contribution in [0, 0.1) is 5.82 Å². The number of anilines is 1. The first-order valence-corrected chi connectivity index (χ1v) is 4.80. The Kier molecular flexibility index (Phi) is 3.91. The lowest BCUT2D eigenvalue weighted by atomic mass is 10.2. The lowest BCUT2D eigenvalue weighted by molar-refractivity contribution is -0.137. The summed E-state index contributed by atoms with van der Waals surface area (Å²) in [5.74, 6) is -1.42. The van der Waals surface area contributed by atoms with E-state index < -0.39 is 11.8 Å². The second kappa shape index (κ2) is 4.98. The van der Waals surface area contributed by atoms with Gasteiger partial charge in [-0.1, -0.05) is 11.6 Å². The average Bonchev–Trinajstić information content (AvgIpc) is 2.10. The normalized spacial score (nSPS) is 12.2. The third-order valence-electron chi connectivity index (χ3n) is 1.81. The van der Waals surface area contributed by atoms with Crippen LogP contribution in [-0.4, -0.2) is 17.1 Å². The highest BCUT2D eigenvalue weighted by Gasteiger charge is 2.08. The van der Waals surface area contributed by atoms with Crippen molar-refractivity contribution in [1.82, 2.24) is 0 Å². The molecule has 2 N–H and O–H groups in total. The van der Waals surface area contributed by atoms with Gasteiger partial charge in [0.2, 0.25) is 0 Å². The number of carbonyl (C=O) groups is 1. The summed E-state index contributed by atoms with van der Waals surface area (Å²) in [5, 5.41) is 11.4. The predicted molar refractivity (Wildman–Crippen MR) is 56.7 cm³/mol. The molecule has 0 amide bonds. The topological polar surface area (TPSA) is 49.3 Å². The minimum atomic E-state index is -0.899. The fourth-order valence-corrected chi connectivity index (χ4v) is 1.30. The van der Waals surface area contributed by atoms with E-state index in [0.717, 1.165) is 0 Å². The summed E-state index contributed by atoms with van der Waals surface area (Å²) < 4.78 is 13.0. The summed E-state index contributed by atoms with van der Waals surface area (Å²) in [6.45, 7) is 1.71. The van der Waals surface area contributed by atoms with Crippen LogP contribution in [0.15, 0.2) is 18.2 Å². The van der Waals surface area contributed by atoms with Gasteiger partial charge in [0.25, 0.3) is 0 Å². The molecule has 0 aliphatic carbocycles. The smallest absolute Gasteiger partial charge is 0.305 e. The van der Waals surface area contributed by atoms with Gasteiger partial charge in [-0.05, 0) is 25.1 Å². The molecule has 5 heteroatoms. The number of benzene rings is 1. The minimum Gasteiger partial charge on any atom is -0.481 e. The minimum absolute atomic E-state index is 0.0236. The van der Waals surface area contributed by atoms with Crippen LogP contribution in [0.3, 0.4) is 0 Å². The van der Waals surface area contributed by atoms with E-state index in [9.17, 15) is 9.18 Å². The second-order valence-corrected chi connectivity index (χ2v) is 3.68. The van der Waals surface area contributed by atoms with Gasteiger partial charge in [-0.15, -0.1) is 0 Å². The fraction of sp³-hybridized carbons (Fsp3) is 0.300. The Labute approximate surface area is 91.9 Å². The van der Waals surface area contributed by atoms with E-state index in [4.69, 9.17) is 16.7 Å². The Morgan fingerprint density at radius 3 is 2.87 bits per heavy atom. The van der Waals surface area contributed by atoms with Gasteiger partial charge in [-0.3, -0.25) is 4.79 Å². The van der Waals surface area contributed by atoms with Gasteiger partial charge in [-0.25, -0.2) is 4.39 Å². The summed E-state index contributed by atoms with van der Waals surface area (Å²) in [4.78, 5) is 10.4. The van der Waals surface area contributed by atoms with Crippen molar-refractivity contribution in [1.29, 1.82) is 0 Å². The largest absolute Gasteiger partial charge is 0.481 e. The van der Waals surface area contributed by atoms with Crippen molar-refractivity contribution in [3.05, 3.63) is 29.0 Å². The number of rotatable bonds is 4. The molecule has 82 valence electrons. The highest BCUT2D eigenvalue weighted by atomic mass is 35.5. The third-order valence-corrected chi connectivity index (χ3v) is 2.12. The molecule has 1 atom stereocenters. The number of hydrogen-bond donors (Lipinski definition) is 2. The molecule has 0 saturated carbocycles. The monoisotopic (exact) mass is 231 g/mol. The van der Waals surface area contributed by atoms with Crippen molar-refractivity contribution in [3.8, 4) is 0 Å².